The molecule has 0 atom stereocenters. The standard InChI is InChI=1S/C20H24N2O2/c1-4-5-12-21-20(24)17-8-6-7-9-18(17)22-19(23)16-11-10-14(2)15(3)13-16/h6-11,13H,4-5,12H2,1-3H3,(H,21,24)(H,22,23). The molecule has 0 aromatic heterocycles. The van der Waals surface area contributed by atoms with Gasteiger partial charge in [-0.1, -0.05) is 31.5 Å². The third kappa shape index (κ3) is 4.44. The number of unbranched alkanes of at least 4 members (excludes halogenated alkanes) is 1. The number of anilines is 1. The predicted octanol–water partition coefficient (Wildman–Crippen LogP) is 4.09. The SMILES string of the molecule is CCCCNC(=O)c1ccccc1NC(=O)c1ccc(C)c(C)c1. The lowest BCUT2D eigenvalue weighted by Crippen LogP contribution is -2.26. The Morgan fingerprint density at radius 1 is 0.958 bits per heavy atom. The number of amides is 2. The molecule has 4 heteroatoms. The van der Waals surface area contributed by atoms with Crippen LogP contribution in [0.15, 0.2) is 42.5 Å². The molecule has 126 valence electrons. The van der Waals surface area contributed by atoms with E-state index in [0.717, 1.165) is 24.0 Å². The van der Waals surface area contributed by atoms with Gasteiger partial charge in [0, 0.05) is 12.1 Å². The smallest absolute Gasteiger partial charge is 0.255 e. The Bertz CT molecular complexity index is 738. The zero-order valence-electron chi connectivity index (χ0n) is 14.5. The third-order valence-electron chi connectivity index (χ3n) is 4.00. The quantitative estimate of drug-likeness (QED) is 0.786. The summed E-state index contributed by atoms with van der Waals surface area (Å²) in [5, 5.41) is 5.72. The Kier molecular flexibility index (Phi) is 6.13. The van der Waals surface area contributed by atoms with Crippen molar-refractivity contribution in [2.45, 2.75) is 33.6 Å². The first-order valence-electron chi connectivity index (χ1n) is 8.28. The molecule has 0 aliphatic heterocycles. The normalized spacial score (nSPS) is 10.3. The van der Waals surface area contributed by atoms with Gasteiger partial charge in [0.05, 0.1) is 11.3 Å². The van der Waals surface area contributed by atoms with Crippen LogP contribution in [0.25, 0.3) is 0 Å². The number of carbonyl (C=O) groups excluding carboxylic acids is 2. The molecule has 0 saturated heterocycles. The van der Waals surface area contributed by atoms with Gasteiger partial charge in [0.2, 0.25) is 0 Å². The van der Waals surface area contributed by atoms with Crippen LogP contribution in [0.5, 0.6) is 0 Å². The van der Waals surface area contributed by atoms with Gasteiger partial charge in [-0.3, -0.25) is 9.59 Å². The van der Waals surface area contributed by atoms with E-state index in [1.54, 1.807) is 30.3 Å². The number of aryl methyl sites for hydroxylation is 2. The van der Waals surface area contributed by atoms with E-state index >= 15 is 0 Å². The molecule has 0 unspecified atom stereocenters. The topological polar surface area (TPSA) is 58.2 Å². The van der Waals surface area contributed by atoms with Crippen LogP contribution in [0, 0.1) is 13.8 Å². The van der Waals surface area contributed by atoms with Crippen molar-refractivity contribution in [3.8, 4) is 0 Å². The number of nitrogens with one attached hydrogen (secondary N) is 2. The highest BCUT2D eigenvalue weighted by Crippen LogP contribution is 2.17. The molecule has 2 rings (SSSR count). The van der Waals surface area contributed by atoms with E-state index < -0.39 is 0 Å². The number of benzene rings is 2. The summed E-state index contributed by atoms with van der Waals surface area (Å²) in [5.41, 5.74) is 3.79. The van der Waals surface area contributed by atoms with Crippen LogP contribution in [0.2, 0.25) is 0 Å². The Balaban J connectivity index is 2.15. The Hall–Kier alpha value is -2.62. The molecule has 0 saturated carbocycles. The van der Waals surface area contributed by atoms with Gasteiger partial charge in [-0.15, -0.1) is 0 Å². The number of hydrogen-bond donors (Lipinski definition) is 2. The van der Waals surface area contributed by atoms with Crippen molar-refractivity contribution in [2.24, 2.45) is 0 Å². The van der Waals surface area contributed by atoms with Crippen LogP contribution >= 0.6 is 0 Å². The first-order valence-corrected chi connectivity index (χ1v) is 8.28. The van der Waals surface area contributed by atoms with E-state index in [4.69, 9.17) is 0 Å². The summed E-state index contributed by atoms with van der Waals surface area (Å²) in [7, 11) is 0. The van der Waals surface area contributed by atoms with Crippen molar-refractivity contribution >= 4 is 17.5 Å². The first kappa shape index (κ1) is 17.7. The number of carbonyl (C=O) groups is 2. The first-order chi connectivity index (χ1) is 11.5. The fourth-order valence-electron chi connectivity index (χ4n) is 2.34. The summed E-state index contributed by atoms with van der Waals surface area (Å²) >= 11 is 0. The van der Waals surface area contributed by atoms with Crippen LogP contribution in [0.1, 0.15) is 51.6 Å². The van der Waals surface area contributed by atoms with Crippen LogP contribution in [0.4, 0.5) is 5.69 Å². The third-order valence-corrected chi connectivity index (χ3v) is 4.00. The average Bonchev–Trinajstić information content (AvgIpc) is 2.58. The van der Waals surface area contributed by atoms with Crippen molar-refractivity contribution in [3.63, 3.8) is 0 Å². The van der Waals surface area contributed by atoms with Gasteiger partial charge in [0.15, 0.2) is 0 Å². The zero-order valence-corrected chi connectivity index (χ0v) is 14.5. The molecule has 0 fully saturated rings. The van der Waals surface area contributed by atoms with E-state index in [1.165, 1.54) is 0 Å². The zero-order chi connectivity index (χ0) is 17.5. The lowest BCUT2D eigenvalue weighted by molar-refractivity contribution is 0.0954. The molecule has 4 nitrogen and oxygen atoms in total. The number of para-hydroxylation sites is 1. The Morgan fingerprint density at radius 2 is 1.71 bits per heavy atom. The molecule has 24 heavy (non-hydrogen) atoms. The van der Waals surface area contributed by atoms with Gasteiger partial charge < -0.3 is 10.6 Å². The second-order valence-corrected chi connectivity index (χ2v) is 5.91. The molecule has 0 aliphatic rings. The van der Waals surface area contributed by atoms with Gasteiger partial charge in [0.25, 0.3) is 11.8 Å². The van der Waals surface area contributed by atoms with Gasteiger partial charge in [-0.25, -0.2) is 0 Å². The van der Waals surface area contributed by atoms with Crippen molar-refractivity contribution in [3.05, 3.63) is 64.7 Å². The number of hydrogen-bond acceptors (Lipinski definition) is 2. The maximum absolute atomic E-state index is 12.5. The fraction of sp³-hybridized carbons (Fsp3) is 0.300. The minimum Gasteiger partial charge on any atom is -0.352 e. The van der Waals surface area contributed by atoms with Gasteiger partial charge in [-0.2, -0.15) is 0 Å². The van der Waals surface area contributed by atoms with Gasteiger partial charge >= 0.3 is 0 Å². The molecular weight excluding hydrogens is 300 g/mol. The highest BCUT2D eigenvalue weighted by atomic mass is 16.2. The Morgan fingerprint density at radius 3 is 2.42 bits per heavy atom. The monoisotopic (exact) mass is 324 g/mol. The predicted molar refractivity (Wildman–Crippen MR) is 97.6 cm³/mol. The molecule has 2 amide bonds. The van der Waals surface area contributed by atoms with Crippen molar-refractivity contribution in [1.82, 2.24) is 5.32 Å². The van der Waals surface area contributed by atoms with Gasteiger partial charge in [-0.05, 0) is 55.7 Å². The van der Waals surface area contributed by atoms with Crippen LogP contribution in [-0.4, -0.2) is 18.4 Å². The van der Waals surface area contributed by atoms with Gasteiger partial charge in [0.1, 0.15) is 0 Å². The van der Waals surface area contributed by atoms with Crippen molar-refractivity contribution in [2.75, 3.05) is 11.9 Å². The molecule has 2 aromatic rings. The van der Waals surface area contributed by atoms with Crippen LogP contribution < -0.4 is 10.6 Å². The Labute approximate surface area is 143 Å². The fourth-order valence-corrected chi connectivity index (χ4v) is 2.34. The summed E-state index contributed by atoms with van der Waals surface area (Å²) in [4.78, 5) is 24.8. The van der Waals surface area contributed by atoms with Crippen molar-refractivity contribution < 1.29 is 9.59 Å². The highest BCUT2D eigenvalue weighted by Gasteiger charge is 2.14. The largest absolute Gasteiger partial charge is 0.352 e. The second-order valence-electron chi connectivity index (χ2n) is 5.91. The second kappa shape index (κ2) is 8.29. The molecule has 0 aliphatic carbocycles. The molecular formula is C20H24N2O2. The van der Waals surface area contributed by atoms with Crippen LogP contribution in [0.3, 0.4) is 0 Å². The minimum atomic E-state index is -0.216. The summed E-state index contributed by atoms with van der Waals surface area (Å²) in [6, 6.07) is 12.6. The van der Waals surface area contributed by atoms with E-state index in [9.17, 15) is 9.59 Å². The summed E-state index contributed by atoms with van der Waals surface area (Å²) in [6.45, 7) is 6.69. The highest BCUT2D eigenvalue weighted by molar-refractivity contribution is 6.09. The summed E-state index contributed by atoms with van der Waals surface area (Å²) < 4.78 is 0. The van der Waals surface area contributed by atoms with E-state index in [0.29, 0.717) is 23.4 Å². The molecule has 0 heterocycles. The molecule has 0 spiro atoms. The lowest BCUT2D eigenvalue weighted by Gasteiger charge is -2.12. The van der Waals surface area contributed by atoms with Crippen molar-refractivity contribution in [1.29, 1.82) is 0 Å². The maximum atomic E-state index is 12.5. The summed E-state index contributed by atoms with van der Waals surface area (Å²) in [6.07, 6.45) is 1.95. The molecule has 2 N–H and O–H groups in total. The molecule has 2 aromatic carbocycles. The lowest BCUT2D eigenvalue weighted by atomic mass is 10.1. The summed E-state index contributed by atoms with van der Waals surface area (Å²) in [5.74, 6) is -0.383. The maximum Gasteiger partial charge on any atom is 0.255 e. The van der Waals surface area contributed by atoms with E-state index in [2.05, 4.69) is 17.6 Å². The number of rotatable bonds is 6. The van der Waals surface area contributed by atoms with E-state index in [1.807, 2.05) is 26.0 Å². The molecule has 0 radical (unpaired) electrons. The average molecular weight is 324 g/mol. The van der Waals surface area contributed by atoms with E-state index in [-0.39, 0.29) is 11.8 Å². The van der Waals surface area contributed by atoms with Crippen LogP contribution in [-0.2, 0) is 0 Å². The molecule has 0 bridgehead atoms. The minimum absolute atomic E-state index is 0.167.